The Balaban J connectivity index is 2.92. The highest BCUT2D eigenvalue weighted by Crippen LogP contribution is 2.16. The lowest BCUT2D eigenvalue weighted by atomic mass is 10.2. The average Bonchev–Trinajstić information content (AvgIpc) is 2.48. The lowest BCUT2D eigenvalue weighted by Gasteiger charge is -2.18. The van der Waals surface area contributed by atoms with Crippen LogP contribution in [0.3, 0.4) is 0 Å². The highest BCUT2D eigenvalue weighted by atomic mass is 32.2. The van der Waals surface area contributed by atoms with Crippen LogP contribution in [0.1, 0.15) is 24.2 Å². The molecule has 0 aliphatic heterocycles. The molecule has 1 amide bonds. The molecule has 0 spiro atoms. The molecule has 124 valence electrons. The van der Waals surface area contributed by atoms with Gasteiger partial charge in [-0.15, -0.1) is 0 Å². The third kappa shape index (κ3) is 4.79. The van der Waals surface area contributed by atoms with Gasteiger partial charge in [0.2, 0.25) is 10.0 Å². The van der Waals surface area contributed by atoms with Crippen molar-refractivity contribution < 1.29 is 18.1 Å². The molecule has 0 fully saturated rings. The third-order valence-electron chi connectivity index (χ3n) is 3.35. The van der Waals surface area contributed by atoms with E-state index in [1.54, 1.807) is 26.0 Å². The molecule has 0 atom stereocenters. The van der Waals surface area contributed by atoms with E-state index >= 15 is 0 Å². The maximum absolute atomic E-state index is 12.5. The van der Waals surface area contributed by atoms with Crippen molar-refractivity contribution in [2.75, 3.05) is 40.3 Å². The number of amides is 1. The van der Waals surface area contributed by atoms with Crippen molar-refractivity contribution in [2.45, 2.75) is 18.7 Å². The minimum atomic E-state index is -3.54. The van der Waals surface area contributed by atoms with E-state index in [0.717, 1.165) is 6.54 Å². The molecule has 0 saturated carbocycles. The van der Waals surface area contributed by atoms with Crippen molar-refractivity contribution >= 4 is 15.9 Å². The fourth-order valence-electron chi connectivity index (χ4n) is 2.04. The molecular weight excluding hydrogens is 302 g/mol. The highest BCUT2D eigenvalue weighted by molar-refractivity contribution is 7.89. The maximum Gasteiger partial charge on any atom is 0.251 e. The Morgan fingerprint density at radius 2 is 1.86 bits per heavy atom. The van der Waals surface area contributed by atoms with Crippen LogP contribution in [0.4, 0.5) is 0 Å². The molecule has 0 aliphatic carbocycles. The van der Waals surface area contributed by atoms with E-state index in [0.29, 0.717) is 25.2 Å². The minimum Gasteiger partial charge on any atom is -0.346 e. The molecule has 6 nitrogen and oxygen atoms in total. The first-order valence-corrected chi connectivity index (χ1v) is 8.94. The molecule has 0 unspecified atom stereocenters. The number of likely N-dealkylation sites (N-methyl/N-ethyl adjacent to an activating group) is 1. The summed E-state index contributed by atoms with van der Waals surface area (Å²) in [6.07, 6.45) is 0. The lowest BCUT2D eigenvalue weighted by molar-refractivity contribution is -0.856. The van der Waals surface area contributed by atoms with Crippen LogP contribution < -0.4 is 10.2 Å². The number of hydrogen-bond acceptors (Lipinski definition) is 3. The van der Waals surface area contributed by atoms with Gasteiger partial charge < -0.3 is 10.2 Å². The second-order valence-electron chi connectivity index (χ2n) is 5.33. The normalized spacial score (nSPS) is 11.9. The molecule has 1 rings (SSSR count). The Labute approximate surface area is 133 Å². The molecular formula is C15H26N3O3S+. The van der Waals surface area contributed by atoms with E-state index in [2.05, 4.69) is 5.32 Å². The molecule has 2 N–H and O–H groups in total. The number of nitrogens with zero attached hydrogens (tertiary/aromatic N) is 1. The van der Waals surface area contributed by atoms with E-state index in [9.17, 15) is 13.2 Å². The largest absolute Gasteiger partial charge is 0.346 e. The fourth-order valence-corrected chi connectivity index (χ4v) is 3.54. The molecule has 0 aromatic heterocycles. The zero-order chi connectivity index (χ0) is 16.8. The monoisotopic (exact) mass is 328 g/mol. The number of carbonyl (C=O) groups excluding carboxylic acids is 1. The van der Waals surface area contributed by atoms with Crippen molar-refractivity contribution in [3.05, 3.63) is 29.8 Å². The molecule has 0 radical (unpaired) electrons. The Hall–Kier alpha value is -1.44. The quantitative estimate of drug-likeness (QED) is 0.682. The van der Waals surface area contributed by atoms with Gasteiger partial charge in [-0.25, -0.2) is 8.42 Å². The van der Waals surface area contributed by atoms with Gasteiger partial charge in [-0.05, 0) is 18.2 Å². The summed E-state index contributed by atoms with van der Waals surface area (Å²) in [5.41, 5.74) is 0.363. The number of carbonyl (C=O) groups is 1. The smallest absolute Gasteiger partial charge is 0.251 e. The van der Waals surface area contributed by atoms with Crippen molar-refractivity contribution in [1.82, 2.24) is 9.62 Å². The first-order chi connectivity index (χ1) is 10.3. The van der Waals surface area contributed by atoms with Crippen molar-refractivity contribution in [3.8, 4) is 0 Å². The van der Waals surface area contributed by atoms with Gasteiger partial charge in [-0.1, -0.05) is 19.9 Å². The molecule has 0 bridgehead atoms. The van der Waals surface area contributed by atoms with Gasteiger partial charge in [0.05, 0.1) is 32.1 Å². The van der Waals surface area contributed by atoms with Crippen LogP contribution in [-0.4, -0.2) is 58.9 Å². The molecule has 0 aliphatic rings. The van der Waals surface area contributed by atoms with Crippen LogP contribution >= 0.6 is 0 Å². The Morgan fingerprint density at radius 1 is 1.23 bits per heavy atom. The van der Waals surface area contributed by atoms with Crippen LogP contribution in [0.25, 0.3) is 0 Å². The van der Waals surface area contributed by atoms with Gasteiger partial charge >= 0.3 is 0 Å². The first kappa shape index (κ1) is 18.6. The van der Waals surface area contributed by atoms with E-state index < -0.39 is 10.0 Å². The van der Waals surface area contributed by atoms with E-state index in [1.165, 1.54) is 21.3 Å². The van der Waals surface area contributed by atoms with E-state index in [4.69, 9.17) is 0 Å². The van der Waals surface area contributed by atoms with Crippen LogP contribution in [0.2, 0.25) is 0 Å². The van der Waals surface area contributed by atoms with Gasteiger partial charge in [0.25, 0.3) is 5.91 Å². The van der Waals surface area contributed by atoms with Gasteiger partial charge in [-0.3, -0.25) is 4.79 Å². The predicted octanol–water partition coefficient (Wildman–Crippen LogP) is -0.409. The predicted molar refractivity (Wildman–Crippen MR) is 86.6 cm³/mol. The number of nitrogens with one attached hydrogen (secondary N) is 2. The number of quaternary nitrogens is 1. The zero-order valence-corrected chi connectivity index (χ0v) is 14.5. The third-order valence-corrected chi connectivity index (χ3v) is 5.40. The van der Waals surface area contributed by atoms with Crippen LogP contribution in [0, 0.1) is 0 Å². The van der Waals surface area contributed by atoms with Crippen LogP contribution in [0.15, 0.2) is 29.2 Å². The molecule has 7 heteroatoms. The van der Waals surface area contributed by atoms with Crippen molar-refractivity contribution in [2.24, 2.45) is 0 Å². The summed E-state index contributed by atoms with van der Waals surface area (Å²) in [7, 11) is 0.465. The van der Waals surface area contributed by atoms with Crippen LogP contribution in [-0.2, 0) is 10.0 Å². The molecule has 0 heterocycles. The number of hydrogen-bond donors (Lipinski definition) is 2. The highest BCUT2D eigenvalue weighted by Gasteiger charge is 2.22. The molecule has 22 heavy (non-hydrogen) atoms. The summed E-state index contributed by atoms with van der Waals surface area (Å²) in [5.74, 6) is -0.252. The van der Waals surface area contributed by atoms with Crippen molar-refractivity contribution in [1.29, 1.82) is 0 Å². The fraction of sp³-hybridized carbons (Fsp3) is 0.533. The minimum absolute atomic E-state index is 0.155. The van der Waals surface area contributed by atoms with Gasteiger partial charge in [0.1, 0.15) is 0 Å². The van der Waals surface area contributed by atoms with Gasteiger partial charge in [0, 0.05) is 18.7 Å². The van der Waals surface area contributed by atoms with E-state index in [-0.39, 0.29) is 10.8 Å². The summed E-state index contributed by atoms with van der Waals surface area (Å²) in [4.78, 5) is 13.5. The summed E-state index contributed by atoms with van der Waals surface area (Å²) in [5, 5.41) is 2.80. The standard InChI is InChI=1S/C15H25N3O3S/c1-5-18(6-2)22(20,21)14-9-7-8-13(12-14)15(19)16-10-11-17(3)4/h7-9,12H,5-6,10-11H2,1-4H3,(H,16,19)/p+1. The molecule has 1 aromatic rings. The number of sulfonamides is 1. The summed E-state index contributed by atoms with van der Waals surface area (Å²) in [6.45, 7) is 5.75. The second-order valence-corrected chi connectivity index (χ2v) is 7.27. The Morgan fingerprint density at radius 3 is 2.41 bits per heavy atom. The molecule has 0 saturated heterocycles. The SMILES string of the molecule is CCN(CC)S(=O)(=O)c1cccc(C(=O)NCC[NH+](C)C)c1. The lowest BCUT2D eigenvalue weighted by Crippen LogP contribution is -3.06. The van der Waals surface area contributed by atoms with Gasteiger partial charge in [-0.2, -0.15) is 4.31 Å². The van der Waals surface area contributed by atoms with Crippen molar-refractivity contribution in [3.63, 3.8) is 0 Å². The molecule has 1 aromatic carbocycles. The second kappa shape index (κ2) is 8.26. The number of benzene rings is 1. The Bertz CT molecular complexity index is 596. The van der Waals surface area contributed by atoms with Crippen LogP contribution in [0.5, 0.6) is 0 Å². The maximum atomic E-state index is 12.5. The van der Waals surface area contributed by atoms with Gasteiger partial charge in [0.15, 0.2) is 0 Å². The first-order valence-electron chi connectivity index (χ1n) is 7.50. The number of rotatable bonds is 8. The zero-order valence-electron chi connectivity index (χ0n) is 13.7. The topological polar surface area (TPSA) is 70.9 Å². The average molecular weight is 328 g/mol. The van der Waals surface area contributed by atoms with E-state index in [1.807, 2.05) is 14.1 Å². The summed E-state index contributed by atoms with van der Waals surface area (Å²) >= 11 is 0. The summed E-state index contributed by atoms with van der Waals surface area (Å²) < 4.78 is 26.3. The Kier molecular flexibility index (Phi) is 6.99. The summed E-state index contributed by atoms with van der Waals surface area (Å²) in [6, 6.07) is 6.18.